The third kappa shape index (κ3) is 6.36. The largest absolute Gasteiger partial charge is 0.351 e. The quantitative estimate of drug-likeness (QED) is 0.559. The fourth-order valence-electron chi connectivity index (χ4n) is 3.62. The minimum atomic E-state index is -0.0375. The van der Waals surface area contributed by atoms with Gasteiger partial charge in [-0.25, -0.2) is 0 Å². The van der Waals surface area contributed by atoms with Crippen molar-refractivity contribution in [2.75, 3.05) is 13.1 Å². The van der Waals surface area contributed by atoms with Gasteiger partial charge in [-0.05, 0) is 25.3 Å². The highest BCUT2D eigenvalue weighted by molar-refractivity contribution is 5.95. The topological polar surface area (TPSA) is 59.0 Å². The van der Waals surface area contributed by atoms with Crippen LogP contribution in [-0.4, -0.2) is 34.8 Å². The molecule has 0 aliphatic heterocycles. The highest BCUT2D eigenvalue weighted by atomic mass is 35.5. The van der Waals surface area contributed by atoms with Crippen molar-refractivity contribution in [3.63, 3.8) is 0 Å². The molecule has 0 saturated heterocycles. The molecule has 0 radical (unpaired) electrons. The second-order valence-corrected chi connectivity index (χ2v) is 7.19. The fourth-order valence-corrected chi connectivity index (χ4v) is 3.62. The summed E-state index contributed by atoms with van der Waals surface area (Å²) >= 11 is 0. The van der Waals surface area contributed by atoms with Crippen molar-refractivity contribution in [2.45, 2.75) is 58.0 Å². The zero-order valence-corrected chi connectivity index (χ0v) is 16.9. The summed E-state index contributed by atoms with van der Waals surface area (Å²) in [4.78, 5) is 12.4. The van der Waals surface area contributed by atoms with Crippen LogP contribution >= 0.6 is 12.4 Å². The first-order chi connectivity index (χ1) is 12.7. The van der Waals surface area contributed by atoms with Gasteiger partial charge in [-0.15, -0.1) is 12.4 Å². The predicted molar refractivity (Wildman–Crippen MR) is 112 cm³/mol. The molecule has 1 fully saturated rings. The average Bonchev–Trinajstić information content (AvgIpc) is 2.86. The van der Waals surface area contributed by atoms with Crippen LogP contribution in [0.4, 0.5) is 0 Å². The Morgan fingerprint density at radius 3 is 2.52 bits per heavy atom. The molecule has 1 heterocycles. The zero-order valence-electron chi connectivity index (χ0n) is 16.1. The fraction of sp³-hybridized carbons (Fsp3) is 0.524. The molecular formula is C21H31ClN4O. The zero-order chi connectivity index (χ0) is 18.2. The molecule has 2 N–H and O–H groups in total. The Hall–Kier alpha value is -1.85. The van der Waals surface area contributed by atoms with Crippen molar-refractivity contribution in [3.8, 4) is 0 Å². The summed E-state index contributed by atoms with van der Waals surface area (Å²) in [6, 6.07) is 10.8. The molecule has 0 atom stereocenters. The number of carbonyl (C=O) groups excluding carboxylic acids is 1. The average molecular weight is 391 g/mol. The van der Waals surface area contributed by atoms with E-state index in [0.29, 0.717) is 24.7 Å². The second-order valence-electron chi connectivity index (χ2n) is 7.19. The van der Waals surface area contributed by atoms with Gasteiger partial charge in [0.05, 0.1) is 18.3 Å². The third-order valence-corrected chi connectivity index (χ3v) is 5.22. The van der Waals surface area contributed by atoms with Gasteiger partial charge in [-0.3, -0.25) is 9.48 Å². The molecule has 0 bridgehead atoms. The van der Waals surface area contributed by atoms with Crippen LogP contribution in [0.5, 0.6) is 0 Å². The highest BCUT2D eigenvalue weighted by Crippen LogP contribution is 2.16. The van der Waals surface area contributed by atoms with E-state index in [2.05, 4.69) is 27.9 Å². The van der Waals surface area contributed by atoms with E-state index in [-0.39, 0.29) is 18.3 Å². The number of aromatic nitrogens is 2. The van der Waals surface area contributed by atoms with Crippen molar-refractivity contribution >= 4 is 18.3 Å². The molecule has 6 heteroatoms. The van der Waals surface area contributed by atoms with Crippen molar-refractivity contribution in [3.05, 3.63) is 53.3 Å². The predicted octanol–water partition coefficient (Wildman–Crippen LogP) is 3.70. The summed E-state index contributed by atoms with van der Waals surface area (Å²) in [5.74, 6) is -0.0375. The Labute approximate surface area is 168 Å². The van der Waals surface area contributed by atoms with Crippen LogP contribution in [-0.2, 0) is 6.54 Å². The van der Waals surface area contributed by atoms with Gasteiger partial charge in [0, 0.05) is 24.8 Å². The van der Waals surface area contributed by atoms with Gasteiger partial charge in [0.2, 0.25) is 0 Å². The van der Waals surface area contributed by atoms with Crippen molar-refractivity contribution < 1.29 is 4.79 Å². The highest BCUT2D eigenvalue weighted by Gasteiger charge is 2.15. The van der Waals surface area contributed by atoms with Crippen molar-refractivity contribution in [2.24, 2.45) is 0 Å². The summed E-state index contributed by atoms with van der Waals surface area (Å²) in [5, 5.41) is 11.0. The SMILES string of the molecule is Cc1c(C(=O)NCCNC2CCCCCC2)cnn1Cc1ccccc1.Cl. The molecule has 0 spiro atoms. The number of amides is 1. The summed E-state index contributed by atoms with van der Waals surface area (Å²) in [7, 11) is 0. The van der Waals surface area contributed by atoms with E-state index < -0.39 is 0 Å². The molecule has 27 heavy (non-hydrogen) atoms. The summed E-state index contributed by atoms with van der Waals surface area (Å²) < 4.78 is 1.88. The van der Waals surface area contributed by atoms with E-state index in [9.17, 15) is 4.79 Å². The van der Waals surface area contributed by atoms with Crippen LogP contribution in [0.3, 0.4) is 0 Å². The van der Waals surface area contributed by atoms with Gasteiger partial charge >= 0.3 is 0 Å². The molecule has 1 aliphatic rings. The van der Waals surface area contributed by atoms with E-state index in [1.165, 1.54) is 44.1 Å². The van der Waals surface area contributed by atoms with E-state index in [1.807, 2.05) is 29.8 Å². The van der Waals surface area contributed by atoms with Crippen LogP contribution in [0.15, 0.2) is 36.5 Å². The monoisotopic (exact) mass is 390 g/mol. The lowest BCUT2D eigenvalue weighted by Gasteiger charge is -2.16. The Balaban J connectivity index is 0.00000261. The molecule has 5 nitrogen and oxygen atoms in total. The molecule has 0 unspecified atom stereocenters. The van der Waals surface area contributed by atoms with E-state index in [1.54, 1.807) is 6.20 Å². The van der Waals surface area contributed by atoms with Gasteiger partial charge in [0.25, 0.3) is 5.91 Å². The van der Waals surface area contributed by atoms with E-state index >= 15 is 0 Å². The smallest absolute Gasteiger partial charge is 0.254 e. The van der Waals surface area contributed by atoms with Crippen LogP contribution in [0.2, 0.25) is 0 Å². The van der Waals surface area contributed by atoms with Crippen LogP contribution in [0.25, 0.3) is 0 Å². The molecule has 1 aromatic carbocycles. The Kier molecular flexibility index (Phi) is 8.82. The van der Waals surface area contributed by atoms with Crippen molar-refractivity contribution in [1.82, 2.24) is 20.4 Å². The third-order valence-electron chi connectivity index (χ3n) is 5.22. The number of nitrogens with one attached hydrogen (secondary N) is 2. The van der Waals surface area contributed by atoms with Crippen LogP contribution in [0, 0.1) is 6.92 Å². The summed E-state index contributed by atoms with van der Waals surface area (Å²) in [6.07, 6.45) is 9.57. The molecule has 1 aromatic heterocycles. The summed E-state index contributed by atoms with van der Waals surface area (Å²) in [5.41, 5.74) is 2.75. The molecular weight excluding hydrogens is 360 g/mol. The van der Waals surface area contributed by atoms with Crippen molar-refractivity contribution in [1.29, 1.82) is 0 Å². The first-order valence-electron chi connectivity index (χ1n) is 9.82. The number of hydrogen-bond acceptors (Lipinski definition) is 3. The summed E-state index contributed by atoms with van der Waals surface area (Å²) in [6.45, 7) is 4.12. The molecule has 1 amide bonds. The lowest BCUT2D eigenvalue weighted by Crippen LogP contribution is -2.37. The van der Waals surface area contributed by atoms with Gasteiger partial charge in [-0.2, -0.15) is 5.10 Å². The first-order valence-corrected chi connectivity index (χ1v) is 9.82. The number of nitrogens with zero attached hydrogens (tertiary/aromatic N) is 2. The van der Waals surface area contributed by atoms with E-state index in [4.69, 9.17) is 0 Å². The maximum absolute atomic E-state index is 12.4. The first kappa shape index (κ1) is 21.5. The van der Waals surface area contributed by atoms with Gasteiger partial charge < -0.3 is 10.6 Å². The van der Waals surface area contributed by atoms with Gasteiger partial charge in [0.15, 0.2) is 0 Å². The second kappa shape index (κ2) is 11.1. The lowest BCUT2D eigenvalue weighted by atomic mass is 10.1. The normalized spacial score (nSPS) is 15.0. The van der Waals surface area contributed by atoms with Gasteiger partial charge in [-0.1, -0.05) is 56.0 Å². The van der Waals surface area contributed by atoms with Crippen LogP contribution < -0.4 is 10.6 Å². The lowest BCUT2D eigenvalue weighted by molar-refractivity contribution is 0.0952. The van der Waals surface area contributed by atoms with E-state index in [0.717, 1.165) is 12.2 Å². The minimum absolute atomic E-state index is 0. The number of hydrogen-bond donors (Lipinski definition) is 2. The maximum atomic E-state index is 12.4. The van der Waals surface area contributed by atoms with Gasteiger partial charge in [0.1, 0.15) is 0 Å². The Bertz CT molecular complexity index is 693. The number of rotatable bonds is 7. The number of carbonyl (C=O) groups is 1. The molecule has 2 aromatic rings. The number of benzene rings is 1. The molecule has 1 aliphatic carbocycles. The minimum Gasteiger partial charge on any atom is -0.351 e. The molecule has 1 saturated carbocycles. The Morgan fingerprint density at radius 2 is 1.81 bits per heavy atom. The Morgan fingerprint density at radius 1 is 1.11 bits per heavy atom. The van der Waals surface area contributed by atoms with Crippen LogP contribution in [0.1, 0.15) is 60.1 Å². The maximum Gasteiger partial charge on any atom is 0.254 e. The number of halogens is 1. The molecule has 3 rings (SSSR count). The molecule has 148 valence electrons. The standard InChI is InChI=1S/C21H30N4O.ClH/c1-17-20(15-24-25(17)16-18-9-5-4-6-10-18)21(26)23-14-13-22-19-11-7-2-3-8-12-19;/h4-6,9-10,15,19,22H,2-3,7-8,11-14,16H2,1H3,(H,23,26);1H.